The fraction of sp³-hybridized carbons (Fsp3) is 0.571. The molecule has 2 heterocycles. The highest BCUT2D eigenvalue weighted by Crippen LogP contribution is 2.15. The van der Waals surface area contributed by atoms with Gasteiger partial charge in [0, 0.05) is 26.1 Å². The molecule has 0 amide bonds. The first-order valence-electron chi connectivity index (χ1n) is 10.0. The predicted molar refractivity (Wildman–Crippen MR) is 126 cm³/mol. The molecule has 1 aromatic carbocycles. The number of halogens is 1. The Morgan fingerprint density at radius 2 is 2.04 bits per heavy atom. The second-order valence-corrected chi connectivity index (χ2v) is 7.64. The second kappa shape index (κ2) is 10.8. The van der Waals surface area contributed by atoms with Crippen LogP contribution in [0.15, 0.2) is 29.3 Å². The van der Waals surface area contributed by atoms with Gasteiger partial charge in [-0.3, -0.25) is 4.99 Å². The molecule has 0 radical (unpaired) electrons. The number of aryl methyl sites for hydroxylation is 3. The Hall–Kier alpha value is -1.64. The molecule has 2 N–H and O–H groups in total. The first kappa shape index (κ1) is 22.6. The molecular formula is C21H33IN6. The molecule has 0 saturated carbocycles. The monoisotopic (exact) mass is 496 g/mol. The Bertz CT molecular complexity index is 766. The van der Waals surface area contributed by atoms with E-state index < -0.39 is 0 Å². The lowest BCUT2D eigenvalue weighted by atomic mass is 10.0. The molecule has 1 aliphatic heterocycles. The first-order valence-corrected chi connectivity index (χ1v) is 10.0. The van der Waals surface area contributed by atoms with Gasteiger partial charge in [-0.05, 0) is 43.2 Å². The molecule has 154 valence electrons. The number of hydrogen-bond acceptors (Lipinski definition) is 3. The Morgan fingerprint density at radius 1 is 1.29 bits per heavy atom. The van der Waals surface area contributed by atoms with Gasteiger partial charge in [0.25, 0.3) is 0 Å². The molecule has 1 aromatic heterocycles. The molecule has 2 aromatic rings. The summed E-state index contributed by atoms with van der Waals surface area (Å²) >= 11 is 0. The molecule has 1 atom stereocenters. The van der Waals surface area contributed by atoms with Crippen LogP contribution < -0.4 is 10.6 Å². The maximum Gasteiger partial charge on any atom is 0.191 e. The third-order valence-electron chi connectivity index (χ3n) is 5.11. The van der Waals surface area contributed by atoms with Crippen molar-refractivity contribution in [1.82, 2.24) is 25.4 Å². The molecule has 0 fully saturated rings. The molecule has 3 rings (SSSR count). The number of rotatable bonds is 6. The highest BCUT2D eigenvalue weighted by Gasteiger charge is 2.21. The van der Waals surface area contributed by atoms with Crippen molar-refractivity contribution in [2.45, 2.75) is 65.0 Å². The van der Waals surface area contributed by atoms with E-state index in [2.05, 4.69) is 63.8 Å². The van der Waals surface area contributed by atoms with E-state index in [4.69, 9.17) is 0 Å². The van der Waals surface area contributed by atoms with Crippen LogP contribution in [0.25, 0.3) is 0 Å². The third kappa shape index (κ3) is 6.18. The summed E-state index contributed by atoms with van der Waals surface area (Å²) in [6, 6.07) is 9.34. The molecule has 0 bridgehead atoms. The van der Waals surface area contributed by atoms with Crippen LogP contribution in [0.1, 0.15) is 55.4 Å². The fourth-order valence-electron chi connectivity index (χ4n) is 3.51. The molecule has 1 unspecified atom stereocenters. The normalized spacial score (nSPS) is 16.5. The molecule has 0 saturated heterocycles. The van der Waals surface area contributed by atoms with Gasteiger partial charge in [0.2, 0.25) is 0 Å². The van der Waals surface area contributed by atoms with Gasteiger partial charge in [0.05, 0.1) is 6.54 Å². The van der Waals surface area contributed by atoms with E-state index >= 15 is 0 Å². The van der Waals surface area contributed by atoms with Crippen LogP contribution in [-0.2, 0) is 19.4 Å². The Labute approximate surface area is 185 Å². The van der Waals surface area contributed by atoms with E-state index in [0.29, 0.717) is 12.0 Å². The number of guanidine groups is 1. The summed E-state index contributed by atoms with van der Waals surface area (Å²) in [5, 5.41) is 11.4. The number of nitrogens with one attached hydrogen (secondary N) is 2. The van der Waals surface area contributed by atoms with Crippen LogP contribution in [0.3, 0.4) is 0 Å². The second-order valence-electron chi connectivity index (χ2n) is 7.64. The van der Waals surface area contributed by atoms with Crippen LogP contribution in [0, 0.1) is 6.92 Å². The average Bonchev–Trinajstić information content (AvgIpc) is 3.03. The summed E-state index contributed by atoms with van der Waals surface area (Å²) in [6.07, 6.45) is 4.18. The predicted octanol–water partition coefficient (Wildman–Crippen LogP) is 3.44. The zero-order valence-corrected chi connectivity index (χ0v) is 19.7. The van der Waals surface area contributed by atoms with Crippen molar-refractivity contribution in [2.24, 2.45) is 4.99 Å². The average molecular weight is 496 g/mol. The summed E-state index contributed by atoms with van der Waals surface area (Å²) in [5.41, 5.74) is 2.80. The third-order valence-corrected chi connectivity index (χ3v) is 5.11. The SMILES string of the molecule is CN=C(NCCCc1ccc(C(C)C)cc1)NC1CCc2nc(C)nn2C1.I. The molecule has 7 heteroatoms. The number of benzene rings is 1. The van der Waals surface area contributed by atoms with Crippen molar-refractivity contribution in [3.05, 3.63) is 47.0 Å². The lowest BCUT2D eigenvalue weighted by Crippen LogP contribution is -2.47. The Kier molecular flexibility index (Phi) is 8.72. The number of fused-ring (bicyclic) bond motifs is 1. The quantitative estimate of drug-likeness (QED) is 0.278. The minimum atomic E-state index is 0. The van der Waals surface area contributed by atoms with Crippen molar-refractivity contribution in [3.63, 3.8) is 0 Å². The smallest absolute Gasteiger partial charge is 0.191 e. The van der Waals surface area contributed by atoms with Gasteiger partial charge in [-0.1, -0.05) is 38.1 Å². The summed E-state index contributed by atoms with van der Waals surface area (Å²) in [7, 11) is 1.83. The van der Waals surface area contributed by atoms with Crippen molar-refractivity contribution in [2.75, 3.05) is 13.6 Å². The van der Waals surface area contributed by atoms with E-state index in [1.807, 2.05) is 18.7 Å². The molecule has 1 aliphatic rings. The zero-order chi connectivity index (χ0) is 19.2. The highest BCUT2D eigenvalue weighted by atomic mass is 127. The van der Waals surface area contributed by atoms with Crippen molar-refractivity contribution in [3.8, 4) is 0 Å². The van der Waals surface area contributed by atoms with E-state index in [9.17, 15) is 0 Å². The Balaban J connectivity index is 0.00000280. The van der Waals surface area contributed by atoms with Crippen molar-refractivity contribution in [1.29, 1.82) is 0 Å². The Morgan fingerprint density at radius 3 is 2.71 bits per heavy atom. The topological polar surface area (TPSA) is 67.1 Å². The molecule has 28 heavy (non-hydrogen) atoms. The van der Waals surface area contributed by atoms with Gasteiger partial charge < -0.3 is 10.6 Å². The van der Waals surface area contributed by atoms with Gasteiger partial charge in [0.15, 0.2) is 5.96 Å². The lowest BCUT2D eigenvalue weighted by molar-refractivity contribution is 0.392. The maximum atomic E-state index is 4.47. The van der Waals surface area contributed by atoms with Gasteiger partial charge in [-0.25, -0.2) is 9.67 Å². The van der Waals surface area contributed by atoms with Crippen molar-refractivity contribution >= 4 is 29.9 Å². The molecule has 0 spiro atoms. The van der Waals surface area contributed by atoms with Crippen LogP contribution in [0.2, 0.25) is 0 Å². The van der Waals surface area contributed by atoms with Crippen LogP contribution in [0.5, 0.6) is 0 Å². The fourth-order valence-corrected chi connectivity index (χ4v) is 3.51. The van der Waals surface area contributed by atoms with Gasteiger partial charge in [-0.2, -0.15) is 5.10 Å². The van der Waals surface area contributed by atoms with Gasteiger partial charge >= 0.3 is 0 Å². The van der Waals surface area contributed by atoms with Crippen molar-refractivity contribution < 1.29 is 0 Å². The van der Waals surface area contributed by atoms with E-state index in [-0.39, 0.29) is 24.0 Å². The summed E-state index contributed by atoms with van der Waals surface area (Å²) in [6.45, 7) is 8.17. The minimum Gasteiger partial charge on any atom is -0.356 e. The molecule has 0 aliphatic carbocycles. The summed E-state index contributed by atoms with van der Waals surface area (Å²) < 4.78 is 2.02. The van der Waals surface area contributed by atoms with Crippen LogP contribution in [-0.4, -0.2) is 40.4 Å². The standard InChI is InChI=1S/C21H32N6.HI/c1-15(2)18-9-7-17(8-10-18)6-5-13-23-21(22-4)25-19-11-12-20-24-16(3)26-27(20)14-19;/h7-10,15,19H,5-6,11-14H2,1-4H3,(H2,22,23,25);1H. The van der Waals surface area contributed by atoms with Crippen LogP contribution >= 0.6 is 24.0 Å². The zero-order valence-electron chi connectivity index (χ0n) is 17.4. The number of nitrogens with zero attached hydrogens (tertiary/aromatic N) is 4. The number of aliphatic imine (C=N–C) groups is 1. The molecular weight excluding hydrogens is 463 g/mol. The minimum absolute atomic E-state index is 0. The van der Waals surface area contributed by atoms with Gasteiger partial charge in [-0.15, -0.1) is 24.0 Å². The van der Waals surface area contributed by atoms with E-state index in [1.54, 1.807) is 0 Å². The maximum absolute atomic E-state index is 4.47. The number of hydrogen-bond donors (Lipinski definition) is 2. The van der Waals surface area contributed by atoms with E-state index in [1.165, 1.54) is 11.1 Å². The largest absolute Gasteiger partial charge is 0.356 e. The summed E-state index contributed by atoms with van der Waals surface area (Å²) in [5.74, 6) is 3.41. The van der Waals surface area contributed by atoms with E-state index in [0.717, 1.165) is 56.4 Å². The van der Waals surface area contributed by atoms with Crippen LogP contribution in [0.4, 0.5) is 0 Å². The summed E-state index contributed by atoms with van der Waals surface area (Å²) in [4.78, 5) is 8.84. The highest BCUT2D eigenvalue weighted by molar-refractivity contribution is 14.0. The van der Waals surface area contributed by atoms with Gasteiger partial charge in [0.1, 0.15) is 11.6 Å². The number of aromatic nitrogens is 3. The molecule has 6 nitrogen and oxygen atoms in total. The lowest BCUT2D eigenvalue weighted by Gasteiger charge is -2.25. The first-order chi connectivity index (χ1) is 13.0.